The molecule has 1 aromatic rings. The number of aliphatic hydroxyl groups is 1. The average Bonchev–Trinajstić information content (AvgIpc) is 2.84. The molecule has 0 amide bonds. The molecule has 1 saturated heterocycles. The maximum atomic E-state index is 12.8. The maximum Gasteiger partial charge on any atom is 0.140 e. The summed E-state index contributed by atoms with van der Waals surface area (Å²) in [5.41, 5.74) is -0.667. The third kappa shape index (κ3) is 3.46. The summed E-state index contributed by atoms with van der Waals surface area (Å²) in [5, 5.41) is 7.00. The Morgan fingerprint density at radius 2 is 1.95 bits per heavy atom. The largest absolute Gasteiger partial charge is 0.400 e. The average molecular weight is 287 g/mol. The Morgan fingerprint density at radius 1 is 1.37 bits per heavy atom. The van der Waals surface area contributed by atoms with Crippen LogP contribution in [0.4, 0.5) is 4.39 Å². The van der Waals surface area contributed by atoms with Gasteiger partial charge in [0.2, 0.25) is 0 Å². The van der Waals surface area contributed by atoms with Crippen LogP contribution in [0.1, 0.15) is 19.8 Å². The van der Waals surface area contributed by atoms with Crippen LogP contribution in [-0.4, -0.2) is 39.1 Å². The molecule has 4 nitrogen and oxygen atoms in total. The quantitative estimate of drug-likeness (QED) is 0.857. The van der Waals surface area contributed by atoms with Gasteiger partial charge in [-0.1, -0.05) is 0 Å². The lowest BCUT2D eigenvalue weighted by atomic mass is 10.0. The van der Waals surface area contributed by atoms with E-state index >= 15 is 0 Å². The second-order valence-electron chi connectivity index (χ2n) is 4.38. The summed E-state index contributed by atoms with van der Waals surface area (Å²) in [4.78, 5) is 11.6. The van der Waals surface area contributed by atoms with Crippen LogP contribution in [0.3, 0.4) is 0 Å². The van der Waals surface area contributed by atoms with Gasteiger partial charge < -0.3 is 9.90 Å². The van der Waals surface area contributed by atoms with Crippen LogP contribution in [0.15, 0.2) is 29.2 Å². The molecule has 1 N–H and O–H groups in total. The fourth-order valence-corrected chi connectivity index (χ4v) is 3.46. The van der Waals surface area contributed by atoms with Gasteiger partial charge in [-0.2, -0.15) is 0 Å². The standard InChI is InChI=1S/C12H14FNO2S.CH4O/c1-12(9-15)7-2-8-14(12)17(16)11-5-3-10(13)4-6-11;1-2/h3-6,9H,2,7-8H2,1H3;2H,1H3. The first-order chi connectivity index (χ1) is 9.07. The first-order valence-electron chi connectivity index (χ1n) is 5.93. The minimum absolute atomic E-state index is 0.356. The normalized spacial score (nSPS) is 24.4. The van der Waals surface area contributed by atoms with E-state index in [4.69, 9.17) is 5.11 Å². The Kier molecular flexibility index (Phi) is 5.78. The highest BCUT2D eigenvalue weighted by Crippen LogP contribution is 2.30. The number of benzene rings is 1. The van der Waals surface area contributed by atoms with Crippen molar-refractivity contribution in [2.45, 2.75) is 30.2 Å². The number of carbonyl (C=O) groups excluding carboxylic acids is 1. The summed E-state index contributed by atoms with van der Waals surface area (Å²) in [5.74, 6) is -0.356. The summed E-state index contributed by atoms with van der Waals surface area (Å²) < 4.78 is 26.7. The Hall–Kier alpha value is -1.11. The molecule has 19 heavy (non-hydrogen) atoms. The summed E-state index contributed by atoms with van der Waals surface area (Å²) in [6.45, 7) is 2.41. The molecule has 2 atom stereocenters. The molecule has 1 heterocycles. The summed E-state index contributed by atoms with van der Waals surface area (Å²) in [7, 11) is -0.401. The van der Waals surface area contributed by atoms with Crippen LogP contribution in [0, 0.1) is 5.82 Å². The van der Waals surface area contributed by atoms with Crippen LogP contribution >= 0.6 is 0 Å². The smallest absolute Gasteiger partial charge is 0.140 e. The van der Waals surface area contributed by atoms with Gasteiger partial charge in [-0.3, -0.25) is 0 Å². The SMILES string of the molecule is CC1(C=O)CCCN1S(=O)c1ccc(F)cc1.CO. The molecule has 2 rings (SSSR count). The predicted molar refractivity (Wildman–Crippen MR) is 71.4 cm³/mol. The van der Waals surface area contributed by atoms with Crippen LogP contribution in [0.25, 0.3) is 0 Å². The number of aldehydes is 1. The zero-order chi connectivity index (χ0) is 14.5. The molecule has 0 aromatic heterocycles. The zero-order valence-corrected chi connectivity index (χ0v) is 11.8. The van der Waals surface area contributed by atoms with Crippen molar-refractivity contribution in [1.82, 2.24) is 4.31 Å². The lowest BCUT2D eigenvalue weighted by Crippen LogP contribution is -2.43. The summed E-state index contributed by atoms with van der Waals surface area (Å²) in [6, 6.07) is 5.55. The maximum absolute atomic E-state index is 12.8. The van der Waals surface area contributed by atoms with E-state index in [2.05, 4.69) is 0 Å². The highest BCUT2D eigenvalue weighted by Gasteiger charge is 2.40. The summed E-state index contributed by atoms with van der Waals surface area (Å²) in [6.07, 6.45) is 2.41. The van der Waals surface area contributed by atoms with Crippen LogP contribution in [-0.2, 0) is 15.8 Å². The van der Waals surface area contributed by atoms with Crippen LogP contribution in [0.2, 0.25) is 0 Å². The fraction of sp³-hybridized carbons (Fsp3) is 0.462. The molecule has 1 aromatic carbocycles. The van der Waals surface area contributed by atoms with Crippen molar-refractivity contribution in [3.8, 4) is 0 Å². The number of carbonyl (C=O) groups is 1. The van der Waals surface area contributed by atoms with E-state index in [1.807, 2.05) is 0 Å². The van der Waals surface area contributed by atoms with Gasteiger partial charge in [-0.15, -0.1) is 0 Å². The minimum Gasteiger partial charge on any atom is -0.400 e. The highest BCUT2D eigenvalue weighted by molar-refractivity contribution is 7.82. The van der Waals surface area contributed by atoms with E-state index in [9.17, 15) is 13.4 Å². The molecule has 0 aliphatic carbocycles. The van der Waals surface area contributed by atoms with Crippen molar-refractivity contribution in [3.05, 3.63) is 30.1 Å². The van der Waals surface area contributed by atoms with Crippen molar-refractivity contribution in [1.29, 1.82) is 0 Å². The Balaban J connectivity index is 0.000000861. The first kappa shape index (κ1) is 15.9. The fourth-order valence-electron chi connectivity index (χ4n) is 2.03. The van der Waals surface area contributed by atoms with Crippen molar-refractivity contribution in [3.63, 3.8) is 0 Å². The van der Waals surface area contributed by atoms with Crippen molar-refractivity contribution in [2.24, 2.45) is 0 Å². The van der Waals surface area contributed by atoms with E-state index in [0.29, 0.717) is 17.9 Å². The van der Waals surface area contributed by atoms with E-state index in [1.54, 1.807) is 11.2 Å². The van der Waals surface area contributed by atoms with Crippen molar-refractivity contribution < 1.29 is 18.5 Å². The number of aliphatic hydroxyl groups excluding tert-OH is 1. The highest BCUT2D eigenvalue weighted by atomic mass is 32.2. The third-order valence-electron chi connectivity index (χ3n) is 3.08. The molecule has 2 unspecified atom stereocenters. The molecule has 0 radical (unpaired) electrons. The molecule has 0 spiro atoms. The monoisotopic (exact) mass is 287 g/mol. The molecule has 1 aliphatic heterocycles. The van der Waals surface area contributed by atoms with E-state index in [0.717, 1.165) is 19.8 Å². The van der Waals surface area contributed by atoms with Gasteiger partial charge in [0.1, 0.15) is 23.1 Å². The van der Waals surface area contributed by atoms with Crippen molar-refractivity contribution in [2.75, 3.05) is 13.7 Å². The lowest BCUT2D eigenvalue weighted by molar-refractivity contribution is -0.114. The van der Waals surface area contributed by atoms with Crippen molar-refractivity contribution >= 4 is 17.3 Å². The number of rotatable bonds is 3. The molecular formula is C13H18FNO3S. The molecule has 1 fully saturated rings. The van der Waals surface area contributed by atoms with Gasteiger partial charge >= 0.3 is 0 Å². The van der Waals surface area contributed by atoms with Gasteiger partial charge in [-0.05, 0) is 44.0 Å². The second kappa shape index (κ2) is 6.88. The molecular weight excluding hydrogens is 269 g/mol. The van der Waals surface area contributed by atoms with Gasteiger partial charge in [0.05, 0.1) is 10.4 Å². The van der Waals surface area contributed by atoms with Gasteiger partial charge in [-0.25, -0.2) is 12.9 Å². The van der Waals surface area contributed by atoms with Gasteiger partial charge in [0, 0.05) is 13.7 Å². The second-order valence-corrected chi connectivity index (χ2v) is 5.79. The number of nitrogens with zero attached hydrogens (tertiary/aromatic N) is 1. The lowest BCUT2D eigenvalue weighted by Gasteiger charge is -2.28. The first-order valence-corrected chi connectivity index (χ1v) is 7.04. The molecule has 0 saturated carbocycles. The minimum atomic E-state index is -1.40. The van der Waals surface area contributed by atoms with E-state index in [1.165, 1.54) is 24.3 Å². The Bertz CT molecular complexity index is 452. The Morgan fingerprint density at radius 3 is 2.47 bits per heavy atom. The number of hydrogen-bond acceptors (Lipinski definition) is 3. The van der Waals surface area contributed by atoms with E-state index < -0.39 is 16.5 Å². The van der Waals surface area contributed by atoms with Crippen LogP contribution < -0.4 is 0 Å². The molecule has 106 valence electrons. The number of halogens is 1. The van der Waals surface area contributed by atoms with Gasteiger partial charge in [0.15, 0.2) is 0 Å². The van der Waals surface area contributed by atoms with E-state index in [-0.39, 0.29) is 5.82 Å². The number of hydrogen-bond donors (Lipinski definition) is 1. The Labute approximate surface area is 114 Å². The van der Waals surface area contributed by atoms with Gasteiger partial charge in [0.25, 0.3) is 0 Å². The zero-order valence-electron chi connectivity index (χ0n) is 11.0. The topological polar surface area (TPSA) is 57.6 Å². The molecule has 6 heteroatoms. The summed E-state index contributed by atoms with van der Waals surface area (Å²) >= 11 is 0. The predicted octanol–water partition coefficient (Wildman–Crippen LogP) is 1.51. The third-order valence-corrected chi connectivity index (χ3v) is 4.76. The molecule has 1 aliphatic rings. The molecule has 0 bridgehead atoms. The van der Waals surface area contributed by atoms with Crippen LogP contribution in [0.5, 0.6) is 0 Å².